The quantitative estimate of drug-likeness (QED) is 0.870. The topological polar surface area (TPSA) is 40.7 Å². The number of nitrogens with zero attached hydrogens (tertiary/aromatic N) is 1. The van der Waals surface area contributed by atoms with Crippen molar-refractivity contribution in [2.24, 2.45) is 0 Å². The van der Waals surface area contributed by atoms with Crippen LogP contribution in [0, 0.1) is 27.7 Å². The number of imidazole rings is 1. The summed E-state index contributed by atoms with van der Waals surface area (Å²) in [5.41, 5.74) is 7.30. The maximum atomic E-state index is 4.70. The van der Waals surface area contributed by atoms with Crippen LogP contribution in [0.15, 0.2) is 12.1 Å². The molecule has 0 bridgehead atoms. The first-order chi connectivity index (χ1) is 8.52. The highest BCUT2D eigenvalue weighted by Crippen LogP contribution is 2.26. The van der Waals surface area contributed by atoms with Crippen molar-refractivity contribution < 1.29 is 0 Å². The van der Waals surface area contributed by atoms with Gasteiger partial charge >= 0.3 is 0 Å². The highest BCUT2D eigenvalue weighted by Gasteiger charge is 2.12. The van der Waals surface area contributed by atoms with Crippen molar-refractivity contribution in [3.8, 4) is 11.4 Å². The van der Waals surface area contributed by atoms with Crippen molar-refractivity contribution in [1.29, 1.82) is 0 Å². The Bertz CT molecular complexity index is 544. The Morgan fingerprint density at radius 1 is 1.11 bits per heavy atom. The van der Waals surface area contributed by atoms with Gasteiger partial charge in [0.2, 0.25) is 0 Å². The Hall–Kier alpha value is -1.61. The average Bonchev–Trinajstić information content (AvgIpc) is 2.59. The van der Waals surface area contributed by atoms with Gasteiger partial charge in [-0.1, -0.05) is 17.7 Å². The second kappa shape index (κ2) is 4.94. The van der Waals surface area contributed by atoms with Crippen LogP contribution in [0.5, 0.6) is 0 Å². The van der Waals surface area contributed by atoms with Gasteiger partial charge in [-0.3, -0.25) is 0 Å². The fourth-order valence-corrected chi connectivity index (χ4v) is 2.51. The summed E-state index contributed by atoms with van der Waals surface area (Å²) in [4.78, 5) is 8.10. The molecule has 0 aliphatic rings. The van der Waals surface area contributed by atoms with E-state index in [0.717, 1.165) is 23.8 Å². The Balaban J connectivity index is 2.52. The third kappa shape index (κ3) is 2.31. The van der Waals surface area contributed by atoms with E-state index in [0.29, 0.717) is 0 Å². The Morgan fingerprint density at radius 3 is 2.28 bits per heavy atom. The van der Waals surface area contributed by atoms with E-state index in [1.165, 1.54) is 22.3 Å². The van der Waals surface area contributed by atoms with E-state index in [-0.39, 0.29) is 0 Å². The highest BCUT2D eigenvalue weighted by molar-refractivity contribution is 5.65. The van der Waals surface area contributed by atoms with E-state index in [9.17, 15) is 0 Å². The van der Waals surface area contributed by atoms with E-state index in [2.05, 4.69) is 50.1 Å². The van der Waals surface area contributed by atoms with Crippen molar-refractivity contribution in [3.05, 3.63) is 40.2 Å². The fourth-order valence-electron chi connectivity index (χ4n) is 2.51. The molecule has 0 fully saturated rings. The average molecular weight is 243 g/mol. The van der Waals surface area contributed by atoms with Gasteiger partial charge in [-0.2, -0.15) is 0 Å². The summed E-state index contributed by atoms with van der Waals surface area (Å²) < 4.78 is 0. The second-order valence-electron chi connectivity index (χ2n) is 4.96. The van der Waals surface area contributed by atoms with Gasteiger partial charge in [-0.15, -0.1) is 0 Å². The summed E-state index contributed by atoms with van der Waals surface area (Å²) in [5.74, 6) is 0.979. The Labute approximate surface area is 109 Å². The predicted molar refractivity (Wildman–Crippen MR) is 75.7 cm³/mol. The van der Waals surface area contributed by atoms with E-state index >= 15 is 0 Å². The minimum Gasteiger partial charge on any atom is -0.342 e. The second-order valence-corrected chi connectivity index (χ2v) is 4.96. The minimum absolute atomic E-state index is 0.798. The smallest absolute Gasteiger partial charge is 0.138 e. The number of hydrogen-bond donors (Lipinski definition) is 2. The molecule has 0 amide bonds. The number of aromatic amines is 1. The van der Waals surface area contributed by atoms with Gasteiger partial charge < -0.3 is 10.3 Å². The molecular weight excluding hydrogens is 222 g/mol. The van der Waals surface area contributed by atoms with Crippen LogP contribution in [0.3, 0.4) is 0 Å². The molecule has 1 aromatic heterocycles. The number of benzene rings is 1. The third-order valence-corrected chi connectivity index (χ3v) is 3.24. The molecule has 0 spiro atoms. The van der Waals surface area contributed by atoms with Crippen LogP contribution in [-0.2, 0) is 6.54 Å². The van der Waals surface area contributed by atoms with Gasteiger partial charge in [-0.05, 0) is 45.9 Å². The van der Waals surface area contributed by atoms with Gasteiger partial charge in [0.15, 0.2) is 0 Å². The molecule has 1 aromatic carbocycles. The largest absolute Gasteiger partial charge is 0.342 e. The van der Waals surface area contributed by atoms with Crippen LogP contribution in [0.1, 0.15) is 28.1 Å². The van der Waals surface area contributed by atoms with Crippen LogP contribution in [0.2, 0.25) is 0 Å². The molecule has 3 heteroatoms. The first-order valence-corrected chi connectivity index (χ1v) is 6.31. The molecule has 2 N–H and O–H groups in total. The van der Waals surface area contributed by atoms with Crippen LogP contribution in [0.4, 0.5) is 0 Å². The SMILES string of the molecule is CNCc1nc(-c2c(C)cc(C)cc2C)[nH]c1C. The summed E-state index contributed by atoms with van der Waals surface area (Å²) in [6.45, 7) is 9.29. The molecule has 0 unspecified atom stereocenters. The molecule has 2 aromatic rings. The molecule has 0 saturated carbocycles. The molecule has 0 aliphatic carbocycles. The summed E-state index contributed by atoms with van der Waals surface area (Å²) in [6.07, 6.45) is 0. The monoisotopic (exact) mass is 243 g/mol. The number of H-pyrrole nitrogens is 1. The van der Waals surface area contributed by atoms with Crippen molar-refractivity contribution in [1.82, 2.24) is 15.3 Å². The lowest BCUT2D eigenvalue weighted by molar-refractivity contribution is 0.791. The van der Waals surface area contributed by atoms with E-state index in [4.69, 9.17) is 4.98 Å². The molecule has 0 atom stereocenters. The first kappa shape index (κ1) is 12.8. The minimum atomic E-state index is 0.798. The molecule has 18 heavy (non-hydrogen) atoms. The lowest BCUT2D eigenvalue weighted by Gasteiger charge is -2.08. The number of aryl methyl sites for hydroxylation is 4. The van der Waals surface area contributed by atoms with Crippen molar-refractivity contribution in [2.45, 2.75) is 34.2 Å². The van der Waals surface area contributed by atoms with Crippen molar-refractivity contribution in [3.63, 3.8) is 0 Å². The maximum Gasteiger partial charge on any atom is 0.138 e. The summed E-state index contributed by atoms with van der Waals surface area (Å²) in [5, 5.41) is 3.15. The van der Waals surface area contributed by atoms with E-state index < -0.39 is 0 Å². The molecule has 96 valence electrons. The number of rotatable bonds is 3. The van der Waals surface area contributed by atoms with Crippen LogP contribution in [0.25, 0.3) is 11.4 Å². The molecule has 0 saturated heterocycles. The third-order valence-electron chi connectivity index (χ3n) is 3.24. The summed E-state index contributed by atoms with van der Waals surface area (Å²) in [7, 11) is 1.94. The zero-order chi connectivity index (χ0) is 13.3. The Morgan fingerprint density at radius 2 is 1.72 bits per heavy atom. The molecular formula is C15H21N3. The fraction of sp³-hybridized carbons (Fsp3) is 0.400. The van der Waals surface area contributed by atoms with Gasteiger partial charge in [0.25, 0.3) is 0 Å². The van der Waals surface area contributed by atoms with Gasteiger partial charge in [-0.25, -0.2) is 4.98 Å². The van der Waals surface area contributed by atoms with Crippen LogP contribution in [-0.4, -0.2) is 17.0 Å². The molecule has 1 heterocycles. The summed E-state index contributed by atoms with van der Waals surface area (Å²) >= 11 is 0. The molecule has 0 radical (unpaired) electrons. The molecule has 0 aliphatic heterocycles. The number of hydrogen-bond acceptors (Lipinski definition) is 2. The van der Waals surface area contributed by atoms with E-state index in [1.54, 1.807) is 0 Å². The molecule has 2 rings (SSSR count). The first-order valence-electron chi connectivity index (χ1n) is 6.31. The standard InChI is InChI=1S/C15H21N3/c1-9-6-10(2)14(11(3)7-9)15-17-12(4)13(18-15)8-16-5/h6-7,16H,8H2,1-5H3,(H,17,18). The lowest BCUT2D eigenvalue weighted by Crippen LogP contribution is -2.06. The van der Waals surface area contributed by atoms with Crippen LogP contribution >= 0.6 is 0 Å². The molecule has 3 nitrogen and oxygen atoms in total. The van der Waals surface area contributed by atoms with Crippen LogP contribution < -0.4 is 5.32 Å². The number of nitrogens with one attached hydrogen (secondary N) is 2. The van der Waals surface area contributed by atoms with Crippen molar-refractivity contribution in [2.75, 3.05) is 7.05 Å². The Kier molecular flexibility index (Phi) is 3.53. The zero-order valence-corrected chi connectivity index (χ0v) is 11.8. The van der Waals surface area contributed by atoms with Gasteiger partial charge in [0, 0.05) is 17.8 Å². The maximum absolute atomic E-state index is 4.70. The predicted octanol–water partition coefficient (Wildman–Crippen LogP) is 3.03. The van der Waals surface area contributed by atoms with E-state index in [1.807, 2.05) is 7.05 Å². The number of aromatic nitrogens is 2. The normalized spacial score (nSPS) is 10.9. The highest BCUT2D eigenvalue weighted by atomic mass is 15.0. The van der Waals surface area contributed by atoms with Gasteiger partial charge in [0.05, 0.1) is 5.69 Å². The van der Waals surface area contributed by atoms with Crippen molar-refractivity contribution >= 4 is 0 Å². The summed E-state index contributed by atoms with van der Waals surface area (Å²) in [6, 6.07) is 4.41. The van der Waals surface area contributed by atoms with Gasteiger partial charge in [0.1, 0.15) is 5.82 Å². The lowest BCUT2D eigenvalue weighted by atomic mass is 9.99. The zero-order valence-electron chi connectivity index (χ0n) is 11.8.